The Hall–Kier alpha value is -1.27. The summed E-state index contributed by atoms with van der Waals surface area (Å²) >= 11 is 0. The van der Waals surface area contributed by atoms with Gasteiger partial charge in [0.2, 0.25) is 0 Å². The molecule has 0 spiro atoms. The number of nitrogens with two attached hydrogens (primary N) is 1. The van der Waals surface area contributed by atoms with Gasteiger partial charge in [0, 0.05) is 13.1 Å². The van der Waals surface area contributed by atoms with Crippen LogP contribution in [0.1, 0.15) is 18.9 Å². The summed E-state index contributed by atoms with van der Waals surface area (Å²) in [6, 6.07) is 6.13. The van der Waals surface area contributed by atoms with Gasteiger partial charge in [0.1, 0.15) is 5.75 Å². The summed E-state index contributed by atoms with van der Waals surface area (Å²) in [6.07, 6.45) is -3.63. The molecule has 1 fully saturated rings. The zero-order valence-corrected chi connectivity index (χ0v) is 11.4. The van der Waals surface area contributed by atoms with Gasteiger partial charge in [0.15, 0.2) is 0 Å². The summed E-state index contributed by atoms with van der Waals surface area (Å²) in [5.74, 6) is -0.171. The molecule has 0 radical (unpaired) electrons. The number of rotatable bonds is 4. The Morgan fingerprint density at radius 3 is 2.75 bits per heavy atom. The zero-order chi connectivity index (χ0) is 14.8. The molecule has 1 aromatic carbocycles. The molecule has 1 aromatic rings. The molecular weight excluding hydrogens is 269 g/mol. The molecule has 0 saturated carbocycles. The second kappa shape index (κ2) is 5.61. The molecule has 1 unspecified atom stereocenters. The van der Waals surface area contributed by atoms with Gasteiger partial charge < -0.3 is 10.5 Å². The van der Waals surface area contributed by atoms with Crippen LogP contribution in [0.25, 0.3) is 0 Å². The Balaban J connectivity index is 1.99. The van der Waals surface area contributed by atoms with E-state index >= 15 is 0 Å². The fraction of sp³-hybridized carbons (Fsp3) is 0.571. The van der Waals surface area contributed by atoms with Gasteiger partial charge in [-0.15, -0.1) is 13.2 Å². The minimum Gasteiger partial charge on any atom is -0.406 e. The van der Waals surface area contributed by atoms with Crippen molar-refractivity contribution in [3.63, 3.8) is 0 Å². The van der Waals surface area contributed by atoms with Crippen molar-refractivity contribution in [1.29, 1.82) is 0 Å². The number of likely N-dealkylation sites (tertiary alicyclic amines) is 1. The van der Waals surface area contributed by atoms with Crippen molar-refractivity contribution < 1.29 is 17.9 Å². The molecule has 3 nitrogen and oxygen atoms in total. The molecule has 1 atom stereocenters. The van der Waals surface area contributed by atoms with Gasteiger partial charge in [-0.25, -0.2) is 0 Å². The lowest BCUT2D eigenvalue weighted by atomic mass is 9.90. The van der Waals surface area contributed by atoms with Crippen LogP contribution in [0.5, 0.6) is 5.75 Å². The Kier molecular flexibility index (Phi) is 4.25. The van der Waals surface area contributed by atoms with Gasteiger partial charge in [0.05, 0.1) is 0 Å². The predicted octanol–water partition coefficient (Wildman–Crippen LogP) is 2.76. The van der Waals surface area contributed by atoms with E-state index in [9.17, 15) is 13.2 Å². The molecule has 0 bridgehead atoms. The van der Waals surface area contributed by atoms with Crippen molar-refractivity contribution >= 4 is 0 Å². The minimum atomic E-state index is -4.65. The van der Waals surface area contributed by atoms with Crippen LogP contribution in [0.4, 0.5) is 13.2 Å². The molecule has 1 aliphatic heterocycles. The Morgan fingerprint density at radius 2 is 2.15 bits per heavy atom. The van der Waals surface area contributed by atoms with Gasteiger partial charge in [-0.2, -0.15) is 0 Å². The van der Waals surface area contributed by atoms with E-state index in [1.54, 1.807) is 12.1 Å². The minimum absolute atomic E-state index is 0.111. The van der Waals surface area contributed by atoms with Crippen molar-refractivity contribution in [3.8, 4) is 5.75 Å². The quantitative estimate of drug-likeness (QED) is 0.926. The first-order valence-electron chi connectivity index (χ1n) is 6.57. The fourth-order valence-electron chi connectivity index (χ4n) is 2.53. The molecular formula is C14H19F3N2O. The number of halogens is 3. The summed E-state index contributed by atoms with van der Waals surface area (Å²) in [5.41, 5.74) is 6.67. The first-order chi connectivity index (χ1) is 9.30. The van der Waals surface area contributed by atoms with E-state index in [1.165, 1.54) is 12.1 Å². The molecule has 0 aromatic heterocycles. The summed E-state index contributed by atoms with van der Waals surface area (Å²) in [7, 11) is 0. The number of hydrogen-bond acceptors (Lipinski definition) is 3. The lowest BCUT2D eigenvalue weighted by molar-refractivity contribution is -0.274. The van der Waals surface area contributed by atoms with Crippen LogP contribution in [0.15, 0.2) is 24.3 Å². The number of nitrogens with zero attached hydrogens (tertiary/aromatic N) is 1. The third-order valence-corrected chi connectivity index (χ3v) is 3.67. The molecule has 0 aliphatic carbocycles. The molecule has 1 saturated heterocycles. The van der Waals surface area contributed by atoms with E-state index in [0.717, 1.165) is 25.1 Å². The van der Waals surface area contributed by atoms with Gasteiger partial charge in [-0.1, -0.05) is 19.1 Å². The topological polar surface area (TPSA) is 38.5 Å². The lowest BCUT2D eigenvalue weighted by Gasteiger charge is -2.22. The van der Waals surface area contributed by atoms with Gasteiger partial charge in [-0.05, 0) is 42.6 Å². The number of hydrogen-bond donors (Lipinski definition) is 1. The summed E-state index contributed by atoms with van der Waals surface area (Å²) in [6.45, 7) is 5.16. The monoisotopic (exact) mass is 288 g/mol. The molecule has 0 amide bonds. The normalized spacial score (nSPS) is 24.1. The van der Waals surface area contributed by atoms with Crippen molar-refractivity contribution in [2.24, 2.45) is 11.1 Å². The highest BCUT2D eigenvalue weighted by Gasteiger charge is 2.33. The van der Waals surface area contributed by atoms with Gasteiger partial charge >= 0.3 is 6.36 Å². The highest BCUT2D eigenvalue weighted by atomic mass is 19.4. The first-order valence-corrected chi connectivity index (χ1v) is 6.57. The molecule has 6 heteroatoms. The van der Waals surface area contributed by atoms with E-state index < -0.39 is 6.36 Å². The maximum atomic E-state index is 12.2. The Bertz CT molecular complexity index is 464. The first kappa shape index (κ1) is 15.1. The standard InChI is InChI=1S/C14H19F3N2O/c1-13(9-18)5-6-19(10-13)8-11-3-2-4-12(7-11)20-14(15,16)17/h2-4,7H,5-6,8-10,18H2,1H3. The van der Waals surface area contributed by atoms with Crippen LogP contribution in [-0.2, 0) is 6.54 Å². The maximum absolute atomic E-state index is 12.2. The van der Waals surface area contributed by atoms with Crippen LogP contribution < -0.4 is 10.5 Å². The van der Waals surface area contributed by atoms with Crippen LogP contribution in [0.2, 0.25) is 0 Å². The zero-order valence-electron chi connectivity index (χ0n) is 11.4. The average Bonchev–Trinajstić information content (AvgIpc) is 2.70. The molecule has 2 N–H and O–H groups in total. The van der Waals surface area contributed by atoms with E-state index in [4.69, 9.17) is 5.73 Å². The van der Waals surface area contributed by atoms with E-state index in [2.05, 4.69) is 16.6 Å². The smallest absolute Gasteiger partial charge is 0.406 e. The molecule has 20 heavy (non-hydrogen) atoms. The number of benzene rings is 1. The molecule has 2 rings (SSSR count). The molecule has 1 heterocycles. The van der Waals surface area contributed by atoms with Crippen LogP contribution in [-0.4, -0.2) is 30.9 Å². The van der Waals surface area contributed by atoms with Crippen LogP contribution >= 0.6 is 0 Å². The Morgan fingerprint density at radius 1 is 1.40 bits per heavy atom. The third-order valence-electron chi connectivity index (χ3n) is 3.67. The van der Waals surface area contributed by atoms with E-state index in [0.29, 0.717) is 13.1 Å². The molecule has 1 aliphatic rings. The van der Waals surface area contributed by atoms with Crippen molar-refractivity contribution in [2.45, 2.75) is 26.3 Å². The van der Waals surface area contributed by atoms with E-state index in [-0.39, 0.29) is 11.2 Å². The van der Waals surface area contributed by atoms with E-state index in [1.807, 2.05) is 0 Å². The highest BCUT2D eigenvalue weighted by molar-refractivity contribution is 5.28. The number of alkyl halides is 3. The highest BCUT2D eigenvalue weighted by Crippen LogP contribution is 2.30. The Labute approximate surface area is 116 Å². The SMILES string of the molecule is CC1(CN)CCN(Cc2cccc(OC(F)(F)F)c2)C1. The average molecular weight is 288 g/mol. The lowest BCUT2D eigenvalue weighted by Crippen LogP contribution is -2.31. The summed E-state index contributed by atoms with van der Waals surface area (Å²) in [5, 5.41) is 0. The van der Waals surface area contributed by atoms with Crippen LogP contribution in [0.3, 0.4) is 0 Å². The second-order valence-electron chi connectivity index (χ2n) is 5.67. The number of ether oxygens (including phenoxy) is 1. The van der Waals surface area contributed by atoms with Gasteiger partial charge in [0.25, 0.3) is 0 Å². The van der Waals surface area contributed by atoms with Crippen molar-refractivity contribution in [1.82, 2.24) is 4.90 Å². The van der Waals surface area contributed by atoms with Crippen molar-refractivity contribution in [3.05, 3.63) is 29.8 Å². The maximum Gasteiger partial charge on any atom is 0.573 e. The van der Waals surface area contributed by atoms with Gasteiger partial charge in [-0.3, -0.25) is 4.90 Å². The largest absolute Gasteiger partial charge is 0.573 e. The second-order valence-corrected chi connectivity index (χ2v) is 5.67. The fourth-order valence-corrected chi connectivity index (χ4v) is 2.53. The summed E-state index contributed by atoms with van der Waals surface area (Å²) < 4.78 is 40.5. The summed E-state index contributed by atoms with van der Waals surface area (Å²) in [4.78, 5) is 2.21. The molecule has 112 valence electrons. The van der Waals surface area contributed by atoms with Crippen molar-refractivity contribution in [2.75, 3.05) is 19.6 Å². The van der Waals surface area contributed by atoms with Crippen LogP contribution in [0, 0.1) is 5.41 Å². The third kappa shape index (κ3) is 4.11. The predicted molar refractivity (Wildman–Crippen MR) is 70.2 cm³/mol.